The summed E-state index contributed by atoms with van der Waals surface area (Å²) in [6.07, 6.45) is 1.40. The van der Waals surface area contributed by atoms with Crippen molar-refractivity contribution in [3.8, 4) is 22.5 Å². The predicted molar refractivity (Wildman–Crippen MR) is 117 cm³/mol. The molecular formula is C25H17N3O2. The summed E-state index contributed by atoms with van der Waals surface area (Å²) in [7, 11) is 0. The molecule has 0 radical (unpaired) electrons. The second-order valence-electron chi connectivity index (χ2n) is 6.76. The van der Waals surface area contributed by atoms with Gasteiger partial charge in [-0.1, -0.05) is 78.9 Å². The van der Waals surface area contributed by atoms with Crippen molar-refractivity contribution in [3.05, 3.63) is 103 Å². The Kier molecular flexibility index (Phi) is 4.54. The van der Waals surface area contributed by atoms with Crippen molar-refractivity contribution in [1.29, 1.82) is 0 Å². The highest BCUT2D eigenvalue weighted by Gasteiger charge is 2.22. The number of fused-ring (bicyclic) bond motifs is 1. The van der Waals surface area contributed by atoms with Gasteiger partial charge in [0.1, 0.15) is 17.9 Å². The van der Waals surface area contributed by atoms with Crippen LogP contribution in [0.3, 0.4) is 0 Å². The molecule has 0 saturated carbocycles. The highest BCUT2D eigenvalue weighted by Crippen LogP contribution is 2.42. The van der Waals surface area contributed by atoms with Crippen molar-refractivity contribution in [1.82, 2.24) is 9.97 Å². The normalized spacial score (nSPS) is 10.8. The number of carbonyl (C=O) groups excluding carboxylic acids is 1. The molecule has 0 aliphatic carbocycles. The number of hydrogen-bond acceptors (Lipinski definition) is 4. The third-order valence-corrected chi connectivity index (χ3v) is 4.85. The van der Waals surface area contributed by atoms with E-state index in [9.17, 15) is 4.79 Å². The minimum atomic E-state index is -0.239. The smallest absolute Gasteiger partial charge is 0.256 e. The largest absolute Gasteiger partial charge is 0.437 e. The lowest BCUT2D eigenvalue weighted by atomic mass is 9.99. The fraction of sp³-hybridized carbons (Fsp3) is 0. The predicted octanol–water partition coefficient (Wildman–Crippen LogP) is 5.81. The molecule has 0 fully saturated rings. The Morgan fingerprint density at radius 3 is 2.00 bits per heavy atom. The number of rotatable bonds is 4. The zero-order valence-corrected chi connectivity index (χ0v) is 15.9. The van der Waals surface area contributed by atoms with Crippen molar-refractivity contribution in [2.45, 2.75) is 0 Å². The van der Waals surface area contributed by atoms with E-state index in [1.165, 1.54) is 6.33 Å². The van der Waals surface area contributed by atoms with E-state index in [0.717, 1.165) is 16.7 Å². The molecule has 30 heavy (non-hydrogen) atoms. The fourth-order valence-electron chi connectivity index (χ4n) is 3.47. The Morgan fingerprint density at radius 2 is 1.33 bits per heavy atom. The highest BCUT2D eigenvalue weighted by atomic mass is 16.3. The van der Waals surface area contributed by atoms with Crippen molar-refractivity contribution < 1.29 is 9.21 Å². The first-order valence-electron chi connectivity index (χ1n) is 9.56. The van der Waals surface area contributed by atoms with Gasteiger partial charge in [-0.2, -0.15) is 0 Å². The van der Waals surface area contributed by atoms with Gasteiger partial charge in [0.05, 0.1) is 5.39 Å². The average molecular weight is 391 g/mol. The molecule has 1 amide bonds. The number of amides is 1. The van der Waals surface area contributed by atoms with Crippen LogP contribution in [0.15, 0.2) is 102 Å². The molecule has 144 valence electrons. The Balaban J connectivity index is 1.72. The Bertz CT molecular complexity index is 1310. The molecule has 2 heterocycles. The average Bonchev–Trinajstić information content (AvgIpc) is 3.21. The summed E-state index contributed by atoms with van der Waals surface area (Å²) in [6.45, 7) is 0. The number of nitrogens with one attached hydrogen (secondary N) is 1. The number of furan rings is 1. The van der Waals surface area contributed by atoms with Crippen LogP contribution in [-0.4, -0.2) is 15.9 Å². The van der Waals surface area contributed by atoms with Crippen molar-refractivity contribution in [2.75, 3.05) is 5.32 Å². The van der Waals surface area contributed by atoms with E-state index >= 15 is 0 Å². The van der Waals surface area contributed by atoms with E-state index < -0.39 is 0 Å². The van der Waals surface area contributed by atoms with Gasteiger partial charge < -0.3 is 9.73 Å². The number of nitrogens with zero attached hydrogens (tertiary/aromatic N) is 2. The first-order valence-corrected chi connectivity index (χ1v) is 9.56. The van der Waals surface area contributed by atoms with Gasteiger partial charge in [-0.25, -0.2) is 9.97 Å². The van der Waals surface area contributed by atoms with Crippen molar-refractivity contribution >= 4 is 22.8 Å². The Hall–Kier alpha value is -4.25. The lowest BCUT2D eigenvalue weighted by molar-refractivity contribution is 0.102. The topological polar surface area (TPSA) is 68.0 Å². The van der Waals surface area contributed by atoms with Crippen LogP contribution in [0.2, 0.25) is 0 Å². The number of carbonyl (C=O) groups is 1. The molecule has 5 nitrogen and oxygen atoms in total. The lowest BCUT2D eigenvalue weighted by Crippen LogP contribution is -2.13. The lowest BCUT2D eigenvalue weighted by Gasteiger charge is -2.08. The third kappa shape index (κ3) is 3.22. The summed E-state index contributed by atoms with van der Waals surface area (Å²) < 4.78 is 6.17. The van der Waals surface area contributed by atoms with Gasteiger partial charge in [0, 0.05) is 16.7 Å². The van der Waals surface area contributed by atoms with Gasteiger partial charge in [-0.3, -0.25) is 4.79 Å². The number of aromatic nitrogens is 2. The molecule has 0 aliphatic rings. The van der Waals surface area contributed by atoms with E-state index in [1.54, 1.807) is 12.1 Å². The minimum absolute atomic E-state index is 0.239. The zero-order chi connectivity index (χ0) is 20.3. The maximum atomic E-state index is 12.8. The van der Waals surface area contributed by atoms with Crippen LogP contribution in [0.5, 0.6) is 0 Å². The molecule has 2 aromatic heterocycles. The SMILES string of the molecule is O=C(Nc1ncnc2oc(-c3ccccc3)c(-c3ccccc3)c12)c1ccccc1. The third-order valence-electron chi connectivity index (χ3n) is 4.85. The molecule has 5 heteroatoms. The van der Waals surface area contributed by atoms with Gasteiger partial charge in [-0.05, 0) is 17.7 Å². The van der Waals surface area contributed by atoms with Crippen LogP contribution in [0, 0.1) is 0 Å². The molecule has 0 unspecified atom stereocenters. The van der Waals surface area contributed by atoms with Crippen molar-refractivity contribution in [2.24, 2.45) is 0 Å². The van der Waals surface area contributed by atoms with Crippen LogP contribution < -0.4 is 5.32 Å². The van der Waals surface area contributed by atoms with Gasteiger partial charge in [0.15, 0.2) is 0 Å². The first-order chi connectivity index (χ1) is 14.8. The van der Waals surface area contributed by atoms with Crippen molar-refractivity contribution in [3.63, 3.8) is 0 Å². The van der Waals surface area contributed by atoms with Crippen LogP contribution in [-0.2, 0) is 0 Å². The van der Waals surface area contributed by atoms with E-state index in [0.29, 0.717) is 28.2 Å². The standard InChI is InChI=1S/C25H17N3O2/c29-24(19-14-8-3-9-15-19)28-23-21-20(17-10-4-1-5-11-17)22(18-12-6-2-7-13-18)30-25(21)27-16-26-23/h1-16H,(H,26,27,28,29). The van der Waals surface area contributed by atoms with Gasteiger partial charge in [0.25, 0.3) is 5.91 Å². The van der Waals surface area contributed by atoms with Crippen LogP contribution in [0.1, 0.15) is 10.4 Å². The Morgan fingerprint density at radius 1 is 0.733 bits per heavy atom. The monoisotopic (exact) mass is 391 g/mol. The molecule has 0 bridgehead atoms. The molecule has 3 aromatic carbocycles. The molecule has 1 N–H and O–H groups in total. The summed E-state index contributed by atoms with van der Waals surface area (Å²) in [6, 6.07) is 28.8. The van der Waals surface area contributed by atoms with Crippen LogP contribution in [0.25, 0.3) is 33.6 Å². The second-order valence-corrected chi connectivity index (χ2v) is 6.76. The first kappa shape index (κ1) is 17.8. The number of anilines is 1. The van der Waals surface area contributed by atoms with Gasteiger partial charge in [-0.15, -0.1) is 0 Å². The van der Waals surface area contributed by atoms with Gasteiger partial charge in [0.2, 0.25) is 5.71 Å². The van der Waals surface area contributed by atoms with Crippen LogP contribution in [0.4, 0.5) is 5.82 Å². The van der Waals surface area contributed by atoms with E-state index in [-0.39, 0.29) is 5.91 Å². The number of benzene rings is 3. The van der Waals surface area contributed by atoms with Crippen LogP contribution >= 0.6 is 0 Å². The summed E-state index contributed by atoms with van der Waals surface area (Å²) in [5.41, 5.74) is 3.71. The number of hydrogen-bond donors (Lipinski definition) is 1. The van der Waals surface area contributed by atoms with Gasteiger partial charge >= 0.3 is 0 Å². The summed E-state index contributed by atoms with van der Waals surface area (Å²) >= 11 is 0. The van der Waals surface area contributed by atoms with E-state index in [2.05, 4.69) is 15.3 Å². The highest BCUT2D eigenvalue weighted by molar-refractivity contribution is 6.12. The Labute approximate surface area is 173 Å². The molecule has 5 rings (SSSR count). The van der Waals surface area contributed by atoms with E-state index in [1.807, 2.05) is 78.9 Å². The maximum Gasteiger partial charge on any atom is 0.256 e. The molecular weight excluding hydrogens is 374 g/mol. The quantitative estimate of drug-likeness (QED) is 0.420. The zero-order valence-electron chi connectivity index (χ0n) is 15.9. The molecule has 0 spiro atoms. The maximum absolute atomic E-state index is 12.8. The molecule has 0 aliphatic heterocycles. The van der Waals surface area contributed by atoms with E-state index in [4.69, 9.17) is 4.42 Å². The molecule has 0 saturated heterocycles. The summed E-state index contributed by atoms with van der Waals surface area (Å²) in [5, 5.41) is 3.60. The summed E-state index contributed by atoms with van der Waals surface area (Å²) in [5.74, 6) is 0.864. The molecule has 5 aromatic rings. The minimum Gasteiger partial charge on any atom is -0.437 e. The summed E-state index contributed by atoms with van der Waals surface area (Å²) in [4.78, 5) is 21.5. The molecule has 0 atom stereocenters. The fourth-order valence-corrected chi connectivity index (χ4v) is 3.47. The second kappa shape index (κ2) is 7.64.